The van der Waals surface area contributed by atoms with E-state index in [1.165, 1.54) is 0 Å². The number of carbonyl (C=O) groups is 4. The second-order valence-electron chi connectivity index (χ2n) is 8.50. The van der Waals surface area contributed by atoms with Crippen LogP contribution in [0.2, 0.25) is 0 Å². The van der Waals surface area contributed by atoms with E-state index in [2.05, 4.69) is 10.6 Å². The number of Topliss-reactive ketones (excluding diaryl/α,β-unsaturated/α-hetero) is 1. The molecule has 2 atom stereocenters. The van der Waals surface area contributed by atoms with Crippen LogP contribution in [0.4, 0.5) is 10.5 Å². The van der Waals surface area contributed by atoms with E-state index >= 15 is 0 Å². The van der Waals surface area contributed by atoms with Crippen LogP contribution in [-0.2, 0) is 20.7 Å². The van der Waals surface area contributed by atoms with Crippen LogP contribution >= 0.6 is 0 Å². The van der Waals surface area contributed by atoms with Crippen LogP contribution in [0.5, 0.6) is 0 Å². The van der Waals surface area contributed by atoms with Crippen molar-refractivity contribution >= 4 is 29.4 Å². The number of carbonyl (C=O) groups excluding carboxylic acids is 4. The van der Waals surface area contributed by atoms with Gasteiger partial charge in [-0.05, 0) is 55.0 Å². The molecular formula is C26H33N3O5. The lowest BCUT2D eigenvalue weighted by molar-refractivity contribution is -0.144. The molecule has 0 heterocycles. The van der Waals surface area contributed by atoms with Gasteiger partial charge in [0.25, 0.3) is 5.91 Å². The van der Waals surface area contributed by atoms with Gasteiger partial charge in [-0.25, -0.2) is 4.79 Å². The highest BCUT2D eigenvalue weighted by atomic mass is 16.5. The second kappa shape index (κ2) is 13.1. The molecule has 2 aromatic rings. The van der Waals surface area contributed by atoms with E-state index in [9.17, 15) is 19.2 Å². The van der Waals surface area contributed by atoms with Gasteiger partial charge in [0.15, 0.2) is 5.78 Å². The van der Waals surface area contributed by atoms with Crippen molar-refractivity contribution in [3.8, 4) is 0 Å². The molecule has 34 heavy (non-hydrogen) atoms. The minimum absolute atomic E-state index is 0.0600. The zero-order valence-electron chi connectivity index (χ0n) is 19.9. The molecule has 0 aliphatic rings. The molecule has 0 fully saturated rings. The lowest BCUT2D eigenvalue weighted by Gasteiger charge is -2.24. The number of benzene rings is 2. The van der Waals surface area contributed by atoms with Crippen LogP contribution in [0.1, 0.15) is 49.5 Å². The predicted octanol–water partition coefficient (Wildman–Crippen LogP) is 3.70. The van der Waals surface area contributed by atoms with Gasteiger partial charge in [-0.1, -0.05) is 44.2 Å². The number of rotatable bonds is 12. The molecule has 8 heteroatoms. The van der Waals surface area contributed by atoms with Gasteiger partial charge in [0, 0.05) is 24.1 Å². The lowest BCUT2D eigenvalue weighted by Crippen LogP contribution is -2.45. The Morgan fingerprint density at radius 2 is 1.68 bits per heavy atom. The molecule has 0 aliphatic heterocycles. The summed E-state index contributed by atoms with van der Waals surface area (Å²) in [5.41, 5.74) is 7.03. The fourth-order valence-corrected chi connectivity index (χ4v) is 3.77. The van der Waals surface area contributed by atoms with E-state index < -0.39 is 12.1 Å². The summed E-state index contributed by atoms with van der Waals surface area (Å²) in [5.74, 6) is -1.34. The summed E-state index contributed by atoms with van der Waals surface area (Å²) < 4.78 is 5.10. The Morgan fingerprint density at radius 3 is 2.29 bits per heavy atom. The Hall–Kier alpha value is -3.68. The van der Waals surface area contributed by atoms with Crippen molar-refractivity contribution in [3.05, 3.63) is 65.7 Å². The molecule has 3 amide bonds. The monoisotopic (exact) mass is 467 g/mol. The third kappa shape index (κ3) is 8.69. The van der Waals surface area contributed by atoms with Gasteiger partial charge in [-0.3, -0.25) is 14.4 Å². The van der Waals surface area contributed by atoms with Gasteiger partial charge in [0.1, 0.15) is 0 Å². The number of hydrogen-bond donors (Lipinski definition) is 3. The number of ether oxygens (including phenoxy) is 1. The lowest BCUT2D eigenvalue weighted by atomic mass is 9.87. The predicted molar refractivity (Wildman–Crippen MR) is 130 cm³/mol. The quantitative estimate of drug-likeness (QED) is 0.410. The van der Waals surface area contributed by atoms with Gasteiger partial charge in [-0.15, -0.1) is 0 Å². The number of primary amides is 1. The zero-order valence-corrected chi connectivity index (χ0v) is 19.9. The summed E-state index contributed by atoms with van der Waals surface area (Å²) in [5, 5.41) is 5.37. The maximum Gasteiger partial charge on any atom is 0.316 e. The first-order chi connectivity index (χ1) is 16.2. The topological polar surface area (TPSA) is 128 Å². The number of urea groups is 1. The number of ketones is 1. The van der Waals surface area contributed by atoms with Crippen molar-refractivity contribution in [2.75, 3.05) is 11.9 Å². The van der Waals surface area contributed by atoms with Crippen LogP contribution in [0.25, 0.3) is 0 Å². The van der Waals surface area contributed by atoms with Gasteiger partial charge in [-0.2, -0.15) is 0 Å². The number of nitrogens with two attached hydrogens (primary N) is 1. The number of hydrogen-bond acceptors (Lipinski definition) is 5. The molecule has 0 aromatic heterocycles. The Morgan fingerprint density at radius 1 is 0.971 bits per heavy atom. The van der Waals surface area contributed by atoms with Crippen LogP contribution in [0.15, 0.2) is 54.6 Å². The molecule has 0 radical (unpaired) electrons. The summed E-state index contributed by atoms with van der Waals surface area (Å²) in [4.78, 5) is 49.3. The normalized spacial score (nSPS) is 12.5. The molecule has 2 rings (SSSR count). The highest BCUT2D eigenvalue weighted by molar-refractivity contribution is 5.98. The molecule has 0 saturated carbocycles. The van der Waals surface area contributed by atoms with Crippen LogP contribution in [0, 0.1) is 11.8 Å². The number of amides is 3. The third-order valence-corrected chi connectivity index (χ3v) is 5.31. The minimum atomic E-state index is -0.694. The van der Waals surface area contributed by atoms with E-state index in [1.807, 2.05) is 26.0 Å². The van der Waals surface area contributed by atoms with Crippen LogP contribution in [0.3, 0.4) is 0 Å². The van der Waals surface area contributed by atoms with Gasteiger partial charge < -0.3 is 21.1 Å². The molecule has 8 nitrogen and oxygen atoms in total. The van der Waals surface area contributed by atoms with Crippen molar-refractivity contribution in [1.82, 2.24) is 5.32 Å². The maximum atomic E-state index is 13.3. The smallest absolute Gasteiger partial charge is 0.316 e. The van der Waals surface area contributed by atoms with Crippen molar-refractivity contribution in [2.24, 2.45) is 17.6 Å². The Kier molecular flexibility index (Phi) is 10.3. The van der Waals surface area contributed by atoms with Gasteiger partial charge >= 0.3 is 12.0 Å². The largest absolute Gasteiger partial charge is 0.466 e. The van der Waals surface area contributed by atoms with Gasteiger partial charge in [0.2, 0.25) is 0 Å². The molecule has 0 aliphatic carbocycles. The molecule has 0 spiro atoms. The van der Waals surface area contributed by atoms with Crippen molar-refractivity contribution in [1.29, 1.82) is 0 Å². The van der Waals surface area contributed by atoms with E-state index in [1.54, 1.807) is 49.4 Å². The average Bonchev–Trinajstić information content (AvgIpc) is 2.77. The highest BCUT2D eigenvalue weighted by Crippen LogP contribution is 2.22. The van der Waals surface area contributed by atoms with Crippen molar-refractivity contribution in [2.45, 2.75) is 46.1 Å². The van der Waals surface area contributed by atoms with E-state index in [-0.39, 0.29) is 48.9 Å². The Bertz CT molecular complexity index is 991. The molecule has 2 unspecified atom stereocenters. The van der Waals surface area contributed by atoms with Crippen LogP contribution in [-0.4, -0.2) is 36.3 Å². The van der Waals surface area contributed by atoms with E-state index in [0.29, 0.717) is 17.7 Å². The summed E-state index contributed by atoms with van der Waals surface area (Å²) in [6.07, 6.45) is 0.561. The molecule has 0 bridgehead atoms. The maximum absolute atomic E-state index is 13.3. The fourth-order valence-electron chi connectivity index (χ4n) is 3.77. The SMILES string of the molecule is CCOC(=O)CC(CC(=O)C(NC(=O)c1ccccc1)C(C)C)Cc1cccc(NC(N)=O)c1. The Balaban J connectivity index is 2.17. The summed E-state index contributed by atoms with van der Waals surface area (Å²) in [7, 11) is 0. The zero-order chi connectivity index (χ0) is 25.1. The summed E-state index contributed by atoms with van der Waals surface area (Å²) in [6, 6.07) is 14.4. The molecular weight excluding hydrogens is 434 g/mol. The molecule has 4 N–H and O–H groups in total. The first-order valence-corrected chi connectivity index (χ1v) is 11.4. The number of esters is 1. The van der Waals surface area contributed by atoms with Crippen molar-refractivity contribution < 1.29 is 23.9 Å². The van der Waals surface area contributed by atoms with Gasteiger partial charge in [0.05, 0.1) is 12.6 Å². The number of nitrogens with one attached hydrogen (secondary N) is 2. The second-order valence-corrected chi connectivity index (χ2v) is 8.50. The minimum Gasteiger partial charge on any atom is -0.466 e. The molecule has 0 saturated heterocycles. The summed E-state index contributed by atoms with van der Waals surface area (Å²) >= 11 is 0. The third-order valence-electron chi connectivity index (χ3n) is 5.31. The first kappa shape index (κ1) is 26.6. The van der Waals surface area contributed by atoms with Crippen LogP contribution < -0.4 is 16.4 Å². The number of anilines is 1. The fraction of sp³-hybridized carbons (Fsp3) is 0.385. The summed E-state index contributed by atoms with van der Waals surface area (Å²) in [6.45, 7) is 5.71. The highest BCUT2D eigenvalue weighted by Gasteiger charge is 2.28. The van der Waals surface area contributed by atoms with E-state index in [4.69, 9.17) is 10.5 Å². The van der Waals surface area contributed by atoms with E-state index in [0.717, 1.165) is 5.56 Å². The molecule has 182 valence electrons. The first-order valence-electron chi connectivity index (χ1n) is 11.4. The average molecular weight is 468 g/mol. The Labute approximate surface area is 200 Å². The van der Waals surface area contributed by atoms with Crippen molar-refractivity contribution in [3.63, 3.8) is 0 Å². The standard InChI is InChI=1S/C26H33N3O5/c1-4-34-23(31)16-19(13-18-9-8-12-21(14-18)28-26(27)33)15-22(30)24(17(2)3)29-25(32)20-10-6-5-7-11-20/h5-12,14,17,19,24H,4,13,15-16H2,1-3H3,(H,29,32)(H3,27,28,33). The molecule has 2 aromatic carbocycles.